The molecule has 19 heavy (non-hydrogen) atoms. The van der Waals surface area contributed by atoms with Gasteiger partial charge in [-0.3, -0.25) is 0 Å². The molecule has 0 aromatic carbocycles. The van der Waals surface area contributed by atoms with E-state index in [1.807, 2.05) is 0 Å². The molecule has 0 aliphatic rings. The number of carboxylic acids is 1. The molecule has 0 heterocycles. The van der Waals surface area contributed by atoms with Gasteiger partial charge in [-0.2, -0.15) is 0 Å². The minimum absolute atomic E-state index is 0.0951. The lowest BCUT2D eigenvalue weighted by molar-refractivity contribution is -0.140. The molecule has 0 aromatic rings. The molecular weight excluding hydrogens is 272 g/mol. The molecule has 112 valence electrons. The number of nitrogens with one attached hydrogen (secondary N) is 2. The number of carboxylic acid groups (broad SMARTS) is 1. The zero-order chi connectivity index (χ0) is 15.4. The molecule has 0 aliphatic carbocycles. The highest BCUT2D eigenvalue weighted by Gasteiger charge is 2.31. The lowest BCUT2D eigenvalue weighted by Gasteiger charge is -2.24. The SMILES string of the molecule is CC(C)C(NC(=O)NCC(C)(C)S(C)(=O)=O)C(=O)O. The Bertz CT molecular complexity index is 442. The molecular formula is C11H22N2O5S. The van der Waals surface area contributed by atoms with Crippen LogP contribution in [0.5, 0.6) is 0 Å². The predicted molar refractivity (Wildman–Crippen MR) is 71.7 cm³/mol. The minimum atomic E-state index is -3.32. The predicted octanol–water partition coefficient (Wildman–Crippen LogP) is 0.218. The van der Waals surface area contributed by atoms with Crippen molar-refractivity contribution in [3.8, 4) is 0 Å². The summed E-state index contributed by atoms with van der Waals surface area (Å²) in [5, 5.41) is 13.6. The van der Waals surface area contributed by atoms with Gasteiger partial charge in [0.15, 0.2) is 9.84 Å². The number of sulfone groups is 1. The lowest BCUT2D eigenvalue weighted by atomic mass is 10.1. The first-order valence-electron chi connectivity index (χ1n) is 5.85. The molecule has 0 fully saturated rings. The van der Waals surface area contributed by atoms with E-state index in [0.717, 1.165) is 6.26 Å². The van der Waals surface area contributed by atoms with Crippen molar-refractivity contribution in [2.45, 2.75) is 38.5 Å². The van der Waals surface area contributed by atoms with Crippen molar-refractivity contribution >= 4 is 21.8 Å². The summed E-state index contributed by atoms with van der Waals surface area (Å²) in [6.45, 7) is 6.21. The molecule has 0 radical (unpaired) electrons. The summed E-state index contributed by atoms with van der Waals surface area (Å²) in [5.74, 6) is -1.40. The fraction of sp³-hybridized carbons (Fsp3) is 0.818. The Kier molecular flexibility index (Phi) is 5.80. The average Bonchev–Trinajstić information content (AvgIpc) is 2.20. The quantitative estimate of drug-likeness (QED) is 0.648. The van der Waals surface area contributed by atoms with E-state index in [2.05, 4.69) is 10.6 Å². The van der Waals surface area contributed by atoms with E-state index in [1.54, 1.807) is 13.8 Å². The van der Waals surface area contributed by atoms with Crippen LogP contribution in [-0.4, -0.2) is 49.1 Å². The molecule has 0 aliphatic heterocycles. The van der Waals surface area contributed by atoms with Crippen LogP contribution in [0.15, 0.2) is 0 Å². The topological polar surface area (TPSA) is 113 Å². The summed E-state index contributed by atoms with van der Waals surface area (Å²) in [4.78, 5) is 22.5. The molecule has 0 saturated heterocycles. The molecule has 3 N–H and O–H groups in total. The van der Waals surface area contributed by atoms with Crippen LogP contribution in [0.3, 0.4) is 0 Å². The Hall–Kier alpha value is -1.31. The molecule has 1 atom stereocenters. The van der Waals surface area contributed by atoms with Gasteiger partial charge in [0.05, 0.1) is 4.75 Å². The third-order valence-corrected chi connectivity index (χ3v) is 5.05. The molecule has 7 nitrogen and oxygen atoms in total. The number of hydrogen-bond donors (Lipinski definition) is 3. The molecule has 1 unspecified atom stereocenters. The molecule has 8 heteroatoms. The average molecular weight is 294 g/mol. The molecule has 0 spiro atoms. The monoisotopic (exact) mass is 294 g/mol. The molecule has 0 bridgehead atoms. The van der Waals surface area contributed by atoms with E-state index in [0.29, 0.717) is 0 Å². The molecule has 0 aromatic heterocycles. The fourth-order valence-electron chi connectivity index (χ4n) is 1.13. The lowest BCUT2D eigenvalue weighted by Crippen LogP contribution is -2.52. The van der Waals surface area contributed by atoms with Gasteiger partial charge in [0, 0.05) is 12.8 Å². The maximum Gasteiger partial charge on any atom is 0.326 e. The van der Waals surface area contributed by atoms with Gasteiger partial charge >= 0.3 is 12.0 Å². The van der Waals surface area contributed by atoms with Crippen LogP contribution in [-0.2, 0) is 14.6 Å². The number of aliphatic carboxylic acids is 1. The summed E-state index contributed by atoms with van der Waals surface area (Å²) in [5.41, 5.74) is 0. The fourth-order valence-corrected chi connectivity index (χ4v) is 1.46. The van der Waals surface area contributed by atoms with Gasteiger partial charge in [-0.1, -0.05) is 13.8 Å². The summed E-state index contributed by atoms with van der Waals surface area (Å²) >= 11 is 0. The maximum atomic E-state index is 11.6. The van der Waals surface area contributed by atoms with Gasteiger partial charge in [0.25, 0.3) is 0 Å². The Balaban J connectivity index is 4.54. The van der Waals surface area contributed by atoms with Crippen molar-refractivity contribution in [2.75, 3.05) is 12.8 Å². The van der Waals surface area contributed by atoms with Gasteiger partial charge in [-0.15, -0.1) is 0 Å². The normalized spacial score (nSPS) is 14.0. The van der Waals surface area contributed by atoms with E-state index >= 15 is 0 Å². The highest BCUT2D eigenvalue weighted by atomic mass is 32.2. The van der Waals surface area contributed by atoms with Gasteiger partial charge in [0.2, 0.25) is 0 Å². The van der Waals surface area contributed by atoms with Gasteiger partial charge in [-0.25, -0.2) is 18.0 Å². The number of carbonyl (C=O) groups excluding carboxylic acids is 1. The standard InChI is InChI=1S/C11H22N2O5S/c1-7(2)8(9(14)15)13-10(16)12-6-11(3,4)19(5,17)18/h7-8H,6H2,1-5H3,(H,14,15)(H2,12,13,16). The molecule has 0 rings (SSSR count). The largest absolute Gasteiger partial charge is 0.480 e. The van der Waals surface area contributed by atoms with Crippen LogP contribution in [0.2, 0.25) is 0 Å². The number of amides is 2. The zero-order valence-electron chi connectivity index (χ0n) is 11.9. The van der Waals surface area contributed by atoms with E-state index < -0.39 is 32.6 Å². The Morgan fingerprint density at radius 1 is 1.26 bits per heavy atom. The number of hydrogen-bond acceptors (Lipinski definition) is 4. The highest BCUT2D eigenvalue weighted by molar-refractivity contribution is 7.92. The number of carbonyl (C=O) groups is 2. The summed E-state index contributed by atoms with van der Waals surface area (Å²) in [7, 11) is -3.32. The Morgan fingerprint density at radius 2 is 1.74 bits per heavy atom. The second-order valence-electron chi connectivity index (χ2n) is 5.42. The number of rotatable bonds is 6. The van der Waals surface area contributed by atoms with E-state index in [9.17, 15) is 18.0 Å². The second-order valence-corrected chi connectivity index (χ2v) is 8.07. The first-order chi connectivity index (χ1) is 8.38. The van der Waals surface area contributed by atoms with Crippen molar-refractivity contribution < 1.29 is 23.1 Å². The van der Waals surface area contributed by atoms with Crippen LogP contribution >= 0.6 is 0 Å². The first-order valence-corrected chi connectivity index (χ1v) is 7.74. The maximum absolute atomic E-state index is 11.6. The third-order valence-electron chi connectivity index (χ3n) is 2.90. The number of urea groups is 1. The minimum Gasteiger partial charge on any atom is -0.480 e. The van der Waals surface area contributed by atoms with E-state index in [-0.39, 0.29) is 12.5 Å². The van der Waals surface area contributed by atoms with Gasteiger partial charge in [-0.05, 0) is 19.8 Å². The van der Waals surface area contributed by atoms with Crippen molar-refractivity contribution in [1.82, 2.24) is 10.6 Å². The Labute approximate surface area is 113 Å². The summed E-state index contributed by atoms with van der Waals surface area (Å²) < 4.78 is 21.8. The Morgan fingerprint density at radius 3 is 2.05 bits per heavy atom. The van der Waals surface area contributed by atoms with Crippen LogP contribution in [0.25, 0.3) is 0 Å². The molecule has 2 amide bonds. The van der Waals surface area contributed by atoms with Gasteiger partial charge < -0.3 is 15.7 Å². The third kappa shape index (κ3) is 5.46. The van der Waals surface area contributed by atoms with Crippen molar-refractivity contribution in [1.29, 1.82) is 0 Å². The highest BCUT2D eigenvalue weighted by Crippen LogP contribution is 2.13. The smallest absolute Gasteiger partial charge is 0.326 e. The van der Waals surface area contributed by atoms with E-state index in [1.165, 1.54) is 13.8 Å². The summed E-state index contributed by atoms with van der Waals surface area (Å²) in [6, 6.07) is -1.71. The first kappa shape index (κ1) is 17.7. The van der Waals surface area contributed by atoms with Crippen LogP contribution in [0.1, 0.15) is 27.7 Å². The zero-order valence-corrected chi connectivity index (χ0v) is 12.7. The van der Waals surface area contributed by atoms with Gasteiger partial charge in [0.1, 0.15) is 6.04 Å². The summed E-state index contributed by atoms with van der Waals surface area (Å²) in [6.07, 6.45) is 1.08. The second kappa shape index (κ2) is 6.23. The molecule has 0 saturated carbocycles. The van der Waals surface area contributed by atoms with Crippen molar-refractivity contribution in [3.63, 3.8) is 0 Å². The van der Waals surface area contributed by atoms with Crippen LogP contribution < -0.4 is 10.6 Å². The van der Waals surface area contributed by atoms with Crippen molar-refractivity contribution in [3.05, 3.63) is 0 Å². The van der Waals surface area contributed by atoms with Crippen LogP contribution in [0.4, 0.5) is 4.79 Å². The van der Waals surface area contributed by atoms with Crippen LogP contribution in [0, 0.1) is 5.92 Å². The van der Waals surface area contributed by atoms with E-state index in [4.69, 9.17) is 5.11 Å². The van der Waals surface area contributed by atoms with Crippen molar-refractivity contribution in [2.24, 2.45) is 5.92 Å².